The van der Waals surface area contributed by atoms with Crippen LogP contribution in [0.1, 0.15) is 27.7 Å². The number of carbonyl (C=O) groups is 1. The molecular formula is C24H23FN6O3. The SMILES string of the molecule is NC(O)c1c(Nc2ccc(NC(=O)c3ccc(F)cc3)cc2)n[nH]c1NCc1ccc(O)cc1. The molecule has 8 N–H and O–H groups in total. The van der Waals surface area contributed by atoms with Crippen molar-refractivity contribution >= 4 is 28.9 Å². The smallest absolute Gasteiger partial charge is 0.255 e. The van der Waals surface area contributed by atoms with Gasteiger partial charge in [0.05, 0.1) is 5.56 Å². The van der Waals surface area contributed by atoms with Crippen molar-refractivity contribution in [3.05, 3.63) is 95.3 Å². The summed E-state index contributed by atoms with van der Waals surface area (Å²) in [6.07, 6.45) is -1.29. The van der Waals surface area contributed by atoms with E-state index in [4.69, 9.17) is 5.73 Å². The number of amides is 1. The van der Waals surface area contributed by atoms with E-state index in [1.54, 1.807) is 48.5 Å². The maximum Gasteiger partial charge on any atom is 0.255 e. The number of aromatic nitrogens is 2. The molecule has 1 atom stereocenters. The topological polar surface area (TPSA) is 148 Å². The van der Waals surface area contributed by atoms with Gasteiger partial charge >= 0.3 is 0 Å². The van der Waals surface area contributed by atoms with Crippen LogP contribution in [-0.4, -0.2) is 26.3 Å². The maximum absolute atomic E-state index is 13.0. The predicted octanol–water partition coefficient (Wildman–Crippen LogP) is 3.81. The maximum atomic E-state index is 13.0. The molecule has 0 bridgehead atoms. The lowest BCUT2D eigenvalue weighted by atomic mass is 10.2. The minimum absolute atomic E-state index is 0.177. The van der Waals surface area contributed by atoms with Gasteiger partial charge in [-0.1, -0.05) is 12.1 Å². The Labute approximate surface area is 194 Å². The van der Waals surface area contributed by atoms with E-state index in [0.717, 1.165) is 5.56 Å². The van der Waals surface area contributed by atoms with Gasteiger partial charge in [-0.3, -0.25) is 9.89 Å². The molecule has 0 spiro atoms. The molecule has 1 aromatic heterocycles. The van der Waals surface area contributed by atoms with Gasteiger partial charge in [-0.15, -0.1) is 0 Å². The number of aromatic amines is 1. The van der Waals surface area contributed by atoms with E-state index in [2.05, 4.69) is 26.1 Å². The quantitative estimate of drug-likeness (QED) is 0.197. The summed E-state index contributed by atoms with van der Waals surface area (Å²) >= 11 is 0. The molecule has 0 aliphatic carbocycles. The van der Waals surface area contributed by atoms with Crippen molar-refractivity contribution in [2.45, 2.75) is 12.8 Å². The second kappa shape index (κ2) is 10.0. The van der Waals surface area contributed by atoms with Crippen LogP contribution >= 0.6 is 0 Å². The van der Waals surface area contributed by atoms with Crippen molar-refractivity contribution < 1.29 is 19.4 Å². The summed E-state index contributed by atoms with van der Waals surface area (Å²) in [5.41, 5.74) is 8.57. The average Bonchev–Trinajstić information content (AvgIpc) is 3.23. The van der Waals surface area contributed by atoms with Crippen LogP contribution in [0.15, 0.2) is 72.8 Å². The molecule has 10 heteroatoms. The Morgan fingerprint density at radius 3 is 2.29 bits per heavy atom. The summed E-state index contributed by atoms with van der Waals surface area (Å²) in [4.78, 5) is 12.3. The fourth-order valence-electron chi connectivity index (χ4n) is 3.25. The molecule has 4 aromatic rings. The third kappa shape index (κ3) is 5.49. The molecule has 34 heavy (non-hydrogen) atoms. The minimum Gasteiger partial charge on any atom is -0.508 e. The number of hydrogen-bond acceptors (Lipinski definition) is 7. The lowest BCUT2D eigenvalue weighted by Crippen LogP contribution is -2.13. The molecule has 0 fully saturated rings. The number of aliphatic hydroxyl groups excluding tert-OH is 1. The number of benzene rings is 3. The first-order valence-corrected chi connectivity index (χ1v) is 10.4. The number of phenolic OH excluding ortho intramolecular Hbond substituents is 1. The largest absolute Gasteiger partial charge is 0.508 e. The first-order valence-electron chi connectivity index (χ1n) is 10.4. The Hall–Kier alpha value is -4.41. The molecule has 0 aliphatic heterocycles. The van der Waals surface area contributed by atoms with Crippen LogP contribution in [0.4, 0.5) is 27.4 Å². The Kier molecular flexibility index (Phi) is 6.72. The van der Waals surface area contributed by atoms with Crippen molar-refractivity contribution in [2.75, 3.05) is 16.0 Å². The number of nitrogens with zero attached hydrogens (tertiary/aromatic N) is 1. The second-order valence-corrected chi connectivity index (χ2v) is 7.49. The van der Waals surface area contributed by atoms with E-state index in [1.807, 2.05) is 0 Å². The molecule has 4 rings (SSSR count). The first kappa shape index (κ1) is 22.8. The Morgan fingerprint density at radius 1 is 1.00 bits per heavy atom. The van der Waals surface area contributed by atoms with E-state index in [1.165, 1.54) is 24.3 Å². The second-order valence-electron chi connectivity index (χ2n) is 7.49. The standard InChI is InChI=1S/C24H23FN6O3/c25-16-5-3-15(4-6-16)24(34)29-18-9-7-17(8-10-18)28-23-20(21(26)33)22(30-31-23)27-13-14-1-11-19(32)12-2-14/h1-12,21,32-33H,13,26H2,(H,29,34)(H3,27,28,30,31). The first-order chi connectivity index (χ1) is 16.4. The molecule has 0 radical (unpaired) electrons. The molecule has 3 aromatic carbocycles. The third-order valence-electron chi connectivity index (χ3n) is 5.02. The fourth-order valence-corrected chi connectivity index (χ4v) is 3.25. The zero-order valence-corrected chi connectivity index (χ0v) is 17.9. The van der Waals surface area contributed by atoms with Gasteiger partial charge in [0.1, 0.15) is 23.6 Å². The molecule has 1 heterocycles. The lowest BCUT2D eigenvalue weighted by molar-refractivity contribution is 0.102. The van der Waals surface area contributed by atoms with Gasteiger partial charge in [-0.05, 0) is 66.2 Å². The number of carbonyl (C=O) groups excluding carboxylic acids is 1. The van der Waals surface area contributed by atoms with Crippen LogP contribution in [0, 0.1) is 5.82 Å². The van der Waals surface area contributed by atoms with Crippen molar-refractivity contribution in [1.29, 1.82) is 0 Å². The Bertz CT molecular complexity index is 1260. The average molecular weight is 462 g/mol. The third-order valence-corrected chi connectivity index (χ3v) is 5.02. The monoisotopic (exact) mass is 462 g/mol. The summed E-state index contributed by atoms with van der Waals surface area (Å²) < 4.78 is 13.0. The summed E-state index contributed by atoms with van der Waals surface area (Å²) in [6.45, 7) is 0.421. The van der Waals surface area contributed by atoms with Crippen LogP contribution in [0.5, 0.6) is 5.75 Å². The van der Waals surface area contributed by atoms with Gasteiger partial charge in [-0.2, -0.15) is 5.10 Å². The van der Waals surface area contributed by atoms with Crippen LogP contribution in [0.3, 0.4) is 0 Å². The van der Waals surface area contributed by atoms with Crippen LogP contribution < -0.4 is 21.7 Å². The molecule has 1 amide bonds. The fraction of sp³-hybridized carbons (Fsp3) is 0.0833. The van der Waals surface area contributed by atoms with Crippen molar-refractivity contribution in [3.63, 3.8) is 0 Å². The number of hydrogen-bond donors (Lipinski definition) is 7. The van der Waals surface area contributed by atoms with Crippen LogP contribution in [-0.2, 0) is 6.54 Å². The highest BCUT2D eigenvalue weighted by atomic mass is 19.1. The summed E-state index contributed by atoms with van der Waals surface area (Å²) in [5.74, 6) is 0.202. The highest BCUT2D eigenvalue weighted by Crippen LogP contribution is 2.29. The molecule has 174 valence electrons. The highest BCUT2D eigenvalue weighted by Gasteiger charge is 2.18. The van der Waals surface area contributed by atoms with E-state index in [9.17, 15) is 19.4 Å². The van der Waals surface area contributed by atoms with Gasteiger partial charge in [-0.25, -0.2) is 4.39 Å². The number of rotatable bonds is 8. The Balaban J connectivity index is 1.42. The number of halogens is 1. The number of phenols is 1. The summed E-state index contributed by atoms with van der Waals surface area (Å²) in [5, 5.41) is 35.5. The van der Waals surface area contributed by atoms with Gasteiger partial charge in [0.2, 0.25) is 0 Å². The van der Waals surface area contributed by atoms with Gasteiger partial charge in [0, 0.05) is 23.5 Å². The Morgan fingerprint density at radius 2 is 1.65 bits per heavy atom. The number of aromatic hydroxyl groups is 1. The predicted molar refractivity (Wildman–Crippen MR) is 127 cm³/mol. The highest BCUT2D eigenvalue weighted by molar-refractivity contribution is 6.04. The van der Waals surface area contributed by atoms with E-state index in [-0.39, 0.29) is 11.7 Å². The molecule has 0 aliphatic rings. The normalized spacial score (nSPS) is 11.6. The van der Waals surface area contributed by atoms with E-state index >= 15 is 0 Å². The zero-order chi connectivity index (χ0) is 24.1. The van der Waals surface area contributed by atoms with E-state index < -0.39 is 12.0 Å². The minimum atomic E-state index is -1.29. The number of H-pyrrole nitrogens is 1. The van der Waals surface area contributed by atoms with E-state index in [0.29, 0.717) is 40.7 Å². The molecular weight excluding hydrogens is 439 g/mol. The van der Waals surface area contributed by atoms with Gasteiger partial charge in [0.25, 0.3) is 5.91 Å². The molecule has 1 unspecified atom stereocenters. The number of nitrogens with one attached hydrogen (secondary N) is 4. The lowest BCUT2D eigenvalue weighted by Gasteiger charge is -2.12. The summed E-state index contributed by atoms with van der Waals surface area (Å²) in [7, 11) is 0. The van der Waals surface area contributed by atoms with Crippen molar-refractivity contribution in [2.24, 2.45) is 5.73 Å². The number of nitrogens with two attached hydrogens (primary N) is 1. The van der Waals surface area contributed by atoms with Crippen molar-refractivity contribution in [1.82, 2.24) is 10.2 Å². The summed E-state index contributed by atoms with van der Waals surface area (Å²) in [6, 6.07) is 18.8. The van der Waals surface area contributed by atoms with Crippen molar-refractivity contribution in [3.8, 4) is 5.75 Å². The van der Waals surface area contributed by atoms with Gasteiger partial charge in [0.15, 0.2) is 5.82 Å². The zero-order valence-electron chi connectivity index (χ0n) is 17.9. The number of aliphatic hydroxyl groups is 1. The molecule has 9 nitrogen and oxygen atoms in total. The van der Waals surface area contributed by atoms with Crippen LogP contribution in [0.25, 0.3) is 0 Å². The number of anilines is 4. The molecule has 0 saturated carbocycles. The van der Waals surface area contributed by atoms with Crippen LogP contribution in [0.2, 0.25) is 0 Å². The van der Waals surface area contributed by atoms with Gasteiger partial charge < -0.3 is 31.9 Å². The molecule has 0 saturated heterocycles.